The first-order chi connectivity index (χ1) is 9.79. The molecule has 0 atom stereocenters. The summed E-state index contributed by atoms with van der Waals surface area (Å²) in [6, 6.07) is 7.57. The molecule has 0 bridgehead atoms. The monoisotopic (exact) mass is 312 g/mol. The van der Waals surface area contributed by atoms with E-state index >= 15 is 0 Å². The van der Waals surface area contributed by atoms with Crippen molar-refractivity contribution in [3.8, 4) is 0 Å². The smallest absolute Gasteiger partial charge is 0.338 e. The summed E-state index contributed by atoms with van der Waals surface area (Å²) in [5.74, 6) is -3.66. The van der Waals surface area contributed by atoms with Gasteiger partial charge >= 0.3 is 5.97 Å². The molecule has 2 aromatic carbocycles. The third kappa shape index (κ3) is 3.43. The van der Waals surface area contributed by atoms with Gasteiger partial charge < -0.3 is 5.11 Å². The fourth-order valence-corrected chi connectivity index (χ4v) is 3.15. The van der Waals surface area contributed by atoms with Crippen LogP contribution in [-0.2, 0) is 15.6 Å². The Balaban J connectivity index is 2.40. The van der Waals surface area contributed by atoms with Gasteiger partial charge in [0.1, 0.15) is 11.6 Å². The van der Waals surface area contributed by atoms with Gasteiger partial charge in [0.25, 0.3) is 0 Å². The van der Waals surface area contributed by atoms with Crippen LogP contribution >= 0.6 is 0 Å². The van der Waals surface area contributed by atoms with Gasteiger partial charge in [0, 0.05) is 0 Å². The van der Waals surface area contributed by atoms with Gasteiger partial charge in [0.05, 0.1) is 16.2 Å². The summed E-state index contributed by atoms with van der Waals surface area (Å²) in [5.41, 5.74) is -0.508. The lowest BCUT2D eigenvalue weighted by molar-refractivity contribution is 0.0691. The summed E-state index contributed by atoms with van der Waals surface area (Å²) < 4.78 is 50.6. The van der Waals surface area contributed by atoms with Crippen molar-refractivity contribution >= 4 is 15.8 Å². The van der Waals surface area contributed by atoms with Gasteiger partial charge in [-0.3, -0.25) is 0 Å². The van der Waals surface area contributed by atoms with E-state index < -0.39 is 38.8 Å². The van der Waals surface area contributed by atoms with Crippen LogP contribution < -0.4 is 0 Å². The van der Waals surface area contributed by atoms with E-state index in [2.05, 4.69) is 0 Å². The Hall–Kier alpha value is -2.28. The molecule has 0 saturated carbocycles. The highest BCUT2D eigenvalue weighted by molar-refractivity contribution is 7.90. The molecule has 0 heterocycles. The zero-order chi connectivity index (χ0) is 15.6. The van der Waals surface area contributed by atoms with Crippen LogP contribution in [0.25, 0.3) is 0 Å². The van der Waals surface area contributed by atoms with Crippen LogP contribution in [0.4, 0.5) is 8.78 Å². The number of carboxylic acids is 1. The van der Waals surface area contributed by atoms with Crippen LogP contribution in [0.5, 0.6) is 0 Å². The minimum atomic E-state index is -3.90. The molecule has 2 aromatic rings. The Morgan fingerprint density at radius 2 is 1.81 bits per heavy atom. The van der Waals surface area contributed by atoms with E-state index in [9.17, 15) is 22.0 Å². The van der Waals surface area contributed by atoms with E-state index in [4.69, 9.17) is 5.11 Å². The fraction of sp³-hybridized carbons (Fsp3) is 0.0714. The predicted octanol–water partition coefficient (Wildman–Crippen LogP) is 2.64. The third-order valence-corrected chi connectivity index (χ3v) is 4.46. The normalized spacial score (nSPS) is 11.3. The van der Waals surface area contributed by atoms with Crippen molar-refractivity contribution in [3.63, 3.8) is 0 Å². The number of sulfone groups is 1. The molecule has 0 aliphatic carbocycles. The van der Waals surface area contributed by atoms with Crippen LogP contribution in [-0.4, -0.2) is 19.5 Å². The number of halogens is 2. The minimum Gasteiger partial charge on any atom is -0.478 e. The summed E-state index contributed by atoms with van der Waals surface area (Å²) in [7, 11) is -3.90. The van der Waals surface area contributed by atoms with E-state index in [0.717, 1.165) is 24.3 Å². The Bertz CT molecular complexity index is 800. The van der Waals surface area contributed by atoms with Crippen LogP contribution in [0.2, 0.25) is 0 Å². The van der Waals surface area contributed by atoms with Crippen molar-refractivity contribution in [1.29, 1.82) is 0 Å². The maximum atomic E-state index is 13.3. The highest BCUT2D eigenvalue weighted by Gasteiger charge is 2.20. The van der Waals surface area contributed by atoms with Crippen molar-refractivity contribution in [2.24, 2.45) is 0 Å². The number of rotatable bonds is 4. The number of hydrogen-bond acceptors (Lipinski definition) is 3. The molecule has 0 amide bonds. The first-order valence-corrected chi connectivity index (χ1v) is 7.45. The Morgan fingerprint density at radius 3 is 2.43 bits per heavy atom. The summed E-state index contributed by atoms with van der Waals surface area (Å²) in [6.45, 7) is 0. The average molecular weight is 312 g/mol. The quantitative estimate of drug-likeness (QED) is 0.881. The van der Waals surface area contributed by atoms with Crippen molar-refractivity contribution < 1.29 is 27.1 Å². The molecule has 0 saturated heterocycles. The molecule has 21 heavy (non-hydrogen) atoms. The van der Waals surface area contributed by atoms with Crippen molar-refractivity contribution in [2.75, 3.05) is 0 Å². The molecule has 0 fully saturated rings. The lowest BCUT2D eigenvalue weighted by Gasteiger charge is -2.06. The zero-order valence-corrected chi connectivity index (χ0v) is 11.4. The Kier molecular flexibility index (Phi) is 4.04. The van der Waals surface area contributed by atoms with Crippen molar-refractivity contribution in [3.05, 3.63) is 65.2 Å². The van der Waals surface area contributed by atoms with E-state index in [1.54, 1.807) is 0 Å². The number of hydrogen-bond donors (Lipinski definition) is 1. The number of benzene rings is 2. The number of carboxylic acid groups (broad SMARTS) is 1. The summed E-state index contributed by atoms with van der Waals surface area (Å²) >= 11 is 0. The topological polar surface area (TPSA) is 71.4 Å². The predicted molar refractivity (Wildman–Crippen MR) is 70.6 cm³/mol. The molecule has 1 N–H and O–H groups in total. The first kappa shape index (κ1) is 15.1. The lowest BCUT2D eigenvalue weighted by Crippen LogP contribution is -2.08. The average Bonchev–Trinajstić information content (AvgIpc) is 2.38. The molecule has 0 aliphatic rings. The molecule has 4 nitrogen and oxygen atoms in total. The van der Waals surface area contributed by atoms with Gasteiger partial charge in [-0.2, -0.15) is 0 Å². The lowest BCUT2D eigenvalue weighted by atomic mass is 10.2. The summed E-state index contributed by atoms with van der Waals surface area (Å²) in [4.78, 5) is 10.5. The van der Waals surface area contributed by atoms with Gasteiger partial charge in [-0.25, -0.2) is 22.0 Å². The molecular formula is C14H10F2O4S. The van der Waals surface area contributed by atoms with Gasteiger partial charge in [0.2, 0.25) is 0 Å². The van der Waals surface area contributed by atoms with Crippen molar-refractivity contribution in [1.82, 2.24) is 0 Å². The second kappa shape index (κ2) is 5.61. The first-order valence-electron chi connectivity index (χ1n) is 5.79. The molecule has 7 heteroatoms. The van der Waals surface area contributed by atoms with E-state index in [0.29, 0.717) is 0 Å². The van der Waals surface area contributed by atoms with Gasteiger partial charge in [-0.05, 0) is 35.9 Å². The molecule has 2 rings (SSSR count). The van der Waals surface area contributed by atoms with E-state index in [-0.39, 0.29) is 10.5 Å². The van der Waals surface area contributed by atoms with Crippen molar-refractivity contribution in [2.45, 2.75) is 10.6 Å². The Labute approximate surface area is 119 Å². The maximum absolute atomic E-state index is 13.3. The fourth-order valence-electron chi connectivity index (χ4n) is 1.79. The van der Waals surface area contributed by atoms with E-state index in [1.165, 1.54) is 18.2 Å². The highest BCUT2D eigenvalue weighted by atomic mass is 32.2. The standard InChI is InChI=1S/C14H10F2O4S/c15-10-3-1-2-9(6-10)8-21(19,20)11-4-5-13(16)12(7-11)14(17)18/h1-7H,8H2,(H,17,18). The molecule has 0 aromatic heterocycles. The zero-order valence-electron chi connectivity index (χ0n) is 10.6. The molecule has 110 valence electrons. The number of carbonyl (C=O) groups is 1. The van der Waals surface area contributed by atoms with Crippen LogP contribution in [0.1, 0.15) is 15.9 Å². The Morgan fingerprint density at radius 1 is 1.10 bits per heavy atom. The molecule has 0 aliphatic heterocycles. The minimum absolute atomic E-state index is 0.219. The van der Waals surface area contributed by atoms with Crippen LogP contribution in [0.3, 0.4) is 0 Å². The largest absolute Gasteiger partial charge is 0.478 e. The maximum Gasteiger partial charge on any atom is 0.338 e. The molecular weight excluding hydrogens is 302 g/mol. The summed E-state index contributed by atoms with van der Waals surface area (Å²) in [5, 5.41) is 8.80. The van der Waals surface area contributed by atoms with Crippen LogP contribution in [0, 0.1) is 11.6 Å². The van der Waals surface area contributed by atoms with E-state index in [1.807, 2.05) is 0 Å². The summed E-state index contributed by atoms with van der Waals surface area (Å²) in [6.07, 6.45) is 0. The molecule has 0 unspecified atom stereocenters. The SMILES string of the molecule is O=C(O)c1cc(S(=O)(=O)Cc2cccc(F)c2)ccc1F. The van der Waals surface area contributed by atoms with Gasteiger partial charge in [-0.1, -0.05) is 12.1 Å². The molecule has 0 spiro atoms. The number of aromatic carboxylic acids is 1. The van der Waals surface area contributed by atoms with Crippen LogP contribution in [0.15, 0.2) is 47.4 Å². The van der Waals surface area contributed by atoms with Gasteiger partial charge in [-0.15, -0.1) is 0 Å². The van der Waals surface area contributed by atoms with Gasteiger partial charge in [0.15, 0.2) is 9.84 Å². The second-order valence-corrected chi connectivity index (χ2v) is 6.33. The highest BCUT2D eigenvalue weighted by Crippen LogP contribution is 2.20. The molecule has 0 radical (unpaired) electrons. The second-order valence-electron chi connectivity index (χ2n) is 4.34. The third-order valence-electron chi connectivity index (χ3n) is 2.77.